The molecule has 2 rings (SSSR count). The molecule has 0 fully saturated rings. The Balaban J connectivity index is 2.42. The van der Waals surface area contributed by atoms with Crippen LogP contribution in [0.5, 0.6) is 5.75 Å². The number of hydrogen-bond acceptors (Lipinski definition) is 4. The second-order valence-corrected chi connectivity index (χ2v) is 7.08. The quantitative estimate of drug-likeness (QED) is 0.896. The SMILES string of the molecule is COc1ccc(C)cc1S(=O)(=O)Nc1cc(C)c(Br)cn1. The van der Waals surface area contributed by atoms with Gasteiger partial charge in [0.15, 0.2) is 0 Å². The molecule has 5 nitrogen and oxygen atoms in total. The topological polar surface area (TPSA) is 68.3 Å². The van der Waals surface area contributed by atoms with Crippen LogP contribution >= 0.6 is 15.9 Å². The summed E-state index contributed by atoms with van der Waals surface area (Å²) in [5.41, 5.74) is 1.72. The molecule has 0 amide bonds. The molecule has 112 valence electrons. The summed E-state index contributed by atoms with van der Waals surface area (Å²) < 4.78 is 33.4. The maximum atomic E-state index is 12.5. The maximum Gasteiger partial charge on any atom is 0.266 e. The summed E-state index contributed by atoms with van der Waals surface area (Å²) in [6, 6.07) is 6.64. The van der Waals surface area contributed by atoms with Gasteiger partial charge in [0.05, 0.1) is 7.11 Å². The van der Waals surface area contributed by atoms with Gasteiger partial charge in [-0.3, -0.25) is 4.72 Å². The van der Waals surface area contributed by atoms with Crippen LogP contribution in [0.15, 0.2) is 39.8 Å². The fraction of sp³-hybridized carbons (Fsp3) is 0.214. The number of aromatic nitrogens is 1. The second-order valence-electron chi connectivity index (χ2n) is 4.58. The molecule has 0 spiro atoms. The average molecular weight is 371 g/mol. The van der Waals surface area contributed by atoms with Crippen LogP contribution in [0.1, 0.15) is 11.1 Å². The highest BCUT2D eigenvalue weighted by atomic mass is 79.9. The van der Waals surface area contributed by atoms with E-state index in [1.165, 1.54) is 7.11 Å². The Kier molecular flexibility index (Phi) is 4.53. The number of anilines is 1. The molecule has 0 unspecified atom stereocenters. The number of rotatable bonds is 4. The predicted molar refractivity (Wildman–Crippen MR) is 85.2 cm³/mol. The summed E-state index contributed by atoms with van der Waals surface area (Å²) in [5, 5.41) is 0. The second kappa shape index (κ2) is 6.03. The van der Waals surface area contributed by atoms with Gasteiger partial charge < -0.3 is 4.74 Å². The Morgan fingerprint density at radius 3 is 2.57 bits per heavy atom. The first-order valence-electron chi connectivity index (χ1n) is 6.13. The lowest BCUT2D eigenvalue weighted by molar-refractivity contribution is 0.402. The lowest BCUT2D eigenvalue weighted by Crippen LogP contribution is -2.15. The van der Waals surface area contributed by atoms with E-state index in [1.807, 2.05) is 13.8 Å². The van der Waals surface area contributed by atoms with Crippen molar-refractivity contribution in [3.8, 4) is 5.75 Å². The fourth-order valence-corrected chi connectivity index (χ4v) is 3.25. The molecule has 0 aliphatic heterocycles. The molecule has 0 bridgehead atoms. The normalized spacial score (nSPS) is 11.2. The zero-order valence-electron chi connectivity index (χ0n) is 11.8. The van der Waals surface area contributed by atoms with Gasteiger partial charge in [-0.05, 0) is 59.1 Å². The number of benzene rings is 1. The third kappa shape index (κ3) is 3.54. The molecule has 0 saturated carbocycles. The number of ether oxygens (including phenoxy) is 1. The van der Waals surface area contributed by atoms with Crippen molar-refractivity contribution in [3.05, 3.63) is 46.1 Å². The van der Waals surface area contributed by atoms with E-state index in [0.29, 0.717) is 5.75 Å². The number of sulfonamides is 1. The molecule has 2 aromatic rings. The number of aryl methyl sites for hydroxylation is 2. The molecule has 0 aliphatic carbocycles. The molecule has 21 heavy (non-hydrogen) atoms. The summed E-state index contributed by atoms with van der Waals surface area (Å²) in [6.45, 7) is 3.68. The molecule has 0 atom stereocenters. The smallest absolute Gasteiger partial charge is 0.266 e. The van der Waals surface area contributed by atoms with E-state index in [-0.39, 0.29) is 10.7 Å². The number of pyridine rings is 1. The number of halogens is 1. The molecule has 1 aromatic carbocycles. The van der Waals surface area contributed by atoms with Crippen molar-refractivity contribution in [1.29, 1.82) is 0 Å². The predicted octanol–water partition coefficient (Wildman–Crippen LogP) is 3.27. The third-order valence-electron chi connectivity index (χ3n) is 2.89. The van der Waals surface area contributed by atoms with Crippen molar-refractivity contribution in [1.82, 2.24) is 4.98 Å². The molecule has 7 heteroatoms. The number of hydrogen-bond donors (Lipinski definition) is 1. The van der Waals surface area contributed by atoms with Crippen LogP contribution in [0, 0.1) is 13.8 Å². The highest BCUT2D eigenvalue weighted by molar-refractivity contribution is 9.10. The van der Waals surface area contributed by atoms with Crippen LogP contribution < -0.4 is 9.46 Å². The average Bonchev–Trinajstić information content (AvgIpc) is 2.42. The number of nitrogens with one attached hydrogen (secondary N) is 1. The van der Waals surface area contributed by atoms with Gasteiger partial charge in [0.25, 0.3) is 10.0 Å². The lowest BCUT2D eigenvalue weighted by Gasteiger charge is -2.12. The first kappa shape index (κ1) is 15.8. The molecular weight excluding hydrogens is 356 g/mol. The zero-order chi connectivity index (χ0) is 15.6. The number of nitrogens with zero attached hydrogens (tertiary/aromatic N) is 1. The molecule has 1 aromatic heterocycles. The van der Waals surface area contributed by atoms with Crippen LogP contribution in [-0.4, -0.2) is 20.5 Å². The first-order chi connectivity index (χ1) is 9.83. The van der Waals surface area contributed by atoms with E-state index < -0.39 is 10.0 Å². The summed E-state index contributed by atoms with van der Waals surface area (Å²) in [6.07, 6.45) is 1.56. The van der Waals surface area contributed by atoms with Gasteiger partial charge in [-0.25, -0.2) is 13.4 Å². The zero-order valence-corrected chi connectivity index (χ0v) is 14.2. The summed E-state index contributed by atoms with van der Waals surface area (Å²) in [5.74, 6) is 0.557. The fourth-order valence-electron chi connectivity index (χ4n) is 1.78. The molecular formula is C14H15BrN2O3S. The minimum atomic E-state index is -3.76. The van der Waals surface area contributed by atoms with Crippen LogP contribution in [0.3, 0.4) is 0 Å². The molecule has 0 radical (unpaired) electrons. The monoisotopic (exact) mass is 370 g/mol. The van der Waals surface area contributed by atoms with Gasteiger partial charge in [0, 0.05) is 10.7 Å². The molecule has 1 heterocycles. The van der Waals surface area contributed by atoms with Crippen molar-refractivity contribution >= 4 is 31.8 Å². The van der Waals surface area contributed by atoms with Crippen molar-refractivity contribution in [3.63, 3.8) is 0 Å². The van der Waals surface area contributed by atoms with Crippen molar-refractivity contribution in [2.75, 3.05) is 11.8 Å². The van der Waals surface area contributed by atoms with E-state index in [9.17, 15) is 8.42 Å². The van der Waals surface area contributed by atoms with Gasteiger partial charge >= 0.3 is 0 Å². The Labute approximate surface area is 132 Å². The molecule has 0 saturated heterocycles. The summed E-state index contributed by atoms with van der Waals surface area (Å²) in [4.78, 5) is 4.14. The van der Waals surface area contributed by atoms with E-state index in [1.54, 1.807) is 30.5 Å². The number of methoxy groups -OCH3 is 1. The third-order valence-corrected chi connectivity index (χ3v) is 5.10. The Hall–Kier alpha value is -1.60. The first-order valence-corrected chi connectivity index (χ1v) is 8.40. The molecule has 0 aliphatic rings. The Bertz CT molecular complexity index is 776. The van der Waals surface area contributed by atoms with Crippen LogP contribution in [-0.2, 0) is 10.0 Å². The van der Waals surface area contributed by atoms with E-state index in [0.717, 1.165) is 15.6 Å². The Morgan fingerprint density at radius 1 is 1.24 bits per heavy atom. The summed E-state index contributed by atoms with van der Waals surface area (Å²) >= 11 is 3.33. The van der Waals surface area contributed by atoms with Gasteiger partial charge in [-0.15, -0.1) is 0 Å². The van der Waals surface area contributed by atoms with E-state index in [2.05, 4.69) is 25.6 Å². The van der Waals surface area contributed by atoms with Crippen LogP contribution in [0.2, 0.25) is 0 Å². The highest BCUT2D eigenvalue weighted by Gasteiger charge is 2.20. The van der Waals surface area contributed by atoms with Gasteiger partial charge in [-0.1, -0.05) is 6.07 Å². The van der Waals surface area contributed by atoms with E-state index >= 15 is 0 Å². The van der Waals surface area contributed by atoms with Crippen molar-refractivity contribution < 1.29 is 13.2 Å². The van der Waals surface area contributed by atoms with Crippen LogP contribution in [0.25, 0.3) is 0 Å². The standard InChI is InChI=1S/C14H15BrN2O3S/c1-9-4-5-12(20-3)13(6-9)21(18,19)17-14-7-10(2)11(15)8-16-14/h4-8H,1-3H3,(H,16,17). The van der Waals surface area contributed by atoms with Crippen molar-refractivity contribution in [2.45, 2.75) is 18.7 Å². The largest absolute Gasteiger partial charge is 0.495 e. The minimum Gasteiger partial charge on any atom is -0.495 e. The van der Waals surface area contributed by atoms with Gasteiger partial charge in [0.1, 0.15) is 16.5 Å². The Morgan fingerprint density at radius 2 is 1.95 bits per heavy atom. The maximum absolute atomic E-state index is 12.5. The molecule has 1 N–H and O–H groups in total. The minimum absolute atomic E-state index is 0.0902. The highest BCUT2D eigenvalue weighted by Crippen LogP contribution is 2.27. The van der Waals surface area contributed by atoms with Gasteiger partial charge in [0.2, 0.25) is 0 Å². The van der Waals surface area contributed by atoms with Gasteiger partial charge in [-0.2, -0.15) is 0 Å². The van der Waals surface area contributed by atoms with Crippen LogP contribution in [0.4, 0.5) is 5.82 Å². The summed E-state index contributed by atoms with van der Waals surface area (Å²) in [7, 11) is -2.32. The lowest BCUT2D eigenvalue weighted by atomic mass is 10.2. The van der Waals surface area contributed by atoms with E-state index in [4.69, 9.17) is 4.74 Å². The van der Waals surface area contributed by atoms with Crippen molar-refractivity contribution in [2.24, 2.45) is 0 Å².